The molecule has 1 atom stereocenters. The van der Waals surface area contributed by atoms with Gasteiger partial charge in [0.05, 0.1) is 4.90 Å². The summed E-state index contributed by atoms with van der Waals surface area (Å²) in [6.07, 6.45) is 3.47. The number of benzene rings is 1. The van der Waals surface area contributed by atoms with Crippen LogP contribution in [0.4, 0.5) is 0 Å². The molecule has 3 rings (SSSR count). The number of aryl methyl sites for hydroxylation is 2. The van der Waals surface area contributed by atoms with Crippen LogP contribution in [0.25, 0.3) is 0 Å². The average Bonchev–Trinajstić information content (AvgIpc) is 3.07. The Kier molecular flexibility index (Phi) is 5.13. The van der Waals surface area contributed by atoms with E-state index in [0.29, 0.717) is 23.2 Å². The first kappa shape index (κ1) is 18.6. The van der Waals surface area contributed by atoms with E-state index in [-0.39, 0.29) is 10.0 Å². The summed E-state index contributed by atoms with van der Waals surface area (Å²) >= 11 is 6.01. The summed E-state index contributed by atoms with van der Waals surface area (Å²) in [7, 11) is -3.76. The number of rotatable bonds is 5. The third-order valence-corrected chi connectivity index (χ3v) is 6.16. The minimum Gasteiger partial charge on any atom is -0.383 e. The SMILES string of the molecule is CCc1cc(C(O)c2cncnc2Cl)cn1S(=O)(=O)c1ccc(C)cc1. The predicted molar refractivity (Wildman–Crippen MR) is 98.7 cm³/mol. The Morgan fingerprint density at radius 3 is 2.58 bits per heavy atom. The maximum absolute atomic E-state index is 13.0. The molecule has 1 N–H and O–H groups in total. The van der Waals surface area contributed by atoms with Crippen LogP contribution in [0.1, 0.15) is 35.4 Å². The summed E-state index contributed by atoms with van der Waals surface area (Å²) in [6.45, 7) is 3.74. The fourth-order valence-corrected chi connectivity index (χ4v) is 4.31. The minimum atomic E-state index is -3.76. The number of aromatic nitrogens is 3. The topological polar surface area (TPSA) is 85.1 Å². The highest BCUT2D eigenvalue weighted by atomic mass is 35.5. The van der Waals surface area contributed by atoms with E-state index in [0.717, 1.165) is 5.56 Å². The summed E-state index contributed by atoms with van der Waals surface area (Å²) in [6, 6.07) is 8.29. The molecule has 8 heteroatoms. The molecular weight excluding hydrogens is 374 g/mol. The van der Waals surface area contributed by atoms with Crippen LogP contribution in [0.15, 0.2) is 53.9 Å². The van der Waals surface area contributed by atoms with Crippen molar-refractivity contribution in [2.24, 2.45) is 0 Å². The molecule has 1 aromatic carbocycles. The number of nitrogens with zero attached hydrogens (tertiary/aromatic N) is 3. The quantitative estimate of drug-likeness (QED) is 0.675. The summed E-state index contributed by atoms with van der Waals surface area (Å²) in [4.78, 5) is 7.90. The van der Waals surface area contributed by atoms with Crippen molar-refractivity contribution in [1.29, 1.82) is 0 Å². The van der Waals surface area contributed by atoms with Gasteiger partial charge >= 0.3 is 0 Å². The van der Waals surface area contributed by atoms with Gasteiger partial charge in [-0.2, -0.15) is 0 Å². The van der Waals surface area contributed by atoms with Gasteiger partial charge in [0, 0.05) is 29.2 Å². The zero-order valence-corrected chi connectivity index (χ0v) is 15.9. The number of aliphatic hydroxyl groups is 1. The van der Waals surface area contributed by atoms with Crippen LogP contribution in [-0.2, 0) is 16.4 Å². The van der Waals surface area contributed by atoms with Gasteiger partial charge in [-0.3, -0.25) is 0 Å². The van der Waals surface area contributed by atoms with Crippen molar-refractivity contribution in [3.8, 4) is 0 Å². The molecule has 136 valence electrons. The van der Waals surface area contributed by atoms with E-state index in [1.807, 2.05) is 13.8 Å². The average molecular weight is 392 g/mol. The van der Waals surface area contributed by atoms with Gasteiger partial charge in [-0.25, -0.2) is 22.4 Å². The van der Waals surface area contributed by atoms with Crippen molar-refractivity contribution in [2.45, 2.75) is 31.3 Å². The molecule has 2 heterocycles. The third-order valence-electron chi connectivity index (χ3n) is 4.12. The molecule has 0 saturated heterocycles. The Hall–Kier alpha value is -2.22. The first-order chi connectivity index (χ1) is 12.3. The molecule has 3 aromatic rings. The van der Waals surface area contributed by atoms with Crippen molar-refractivity contribution in [2.75, 3.05) is 0 Å². The monoisotopic (exact) mass is 391 g/mol. The smallest absolute Gasteiger partial charge is 0.267 e. The van der Waals surface area contributed by atoms with Gasteiger partial charge in [0.15, 0.2) is 0 Å². The van der Waals surface area contributed by atoms with E-state index in [9.17, 15) is 13.5 Å². The molecule has 2 aromatic heterocycles. The van der Waals surface area contributed by atoms with Crippen LogP contribution in [0, 0.1) is 6.92 Å². The Balaban J connectivity index is 2.07. The van der Waals surface area contributed by atoms with Crippen molar-refractivity contribution in [3.63, 3.8) is 0 Å². The second kappa shape index (κ2) is 7.19. The summed E-state index contributed by atoms with van der Waals surface area (Å²) in [5.41, 5.74) is 2.27. The van der Waals surface area contributed by atoms with Gasteiger partial charge in [0.1, 0.15) is 17.6 Å². The van der Waals surface area contributed by atoms with Crippen LogP contribution < -0.4 is 0 Å². The lowest BCUT2D eigenvalue weighted by atomic mass is 10.1. The first-order valence-corrected chi connectivity index (χ1v) is 9.83. The van der Waals surface area contributed by atoms with E-state index < -0.39 is 16.1 Å². The second-order valence-corrected chi connectivity index (χ2v) is 8.08. The molecule has 0 radical (unpaired) electrons. The van der Waals surface area contributed by atoms with Crippen LogP contribution in [0.5, 0.6) is 0 Å². The molecule has 0 aliphatic carbocycles. The Labute approximate surface area is 157 Å². The normalized spacial score (nSPS) is 12.9. The molecule has 0 amide bonds. The number of aliphatic hydroxyl groups excluding tert-OH is 1. The Bertz CT molecular complexity index is 1030. The van der Waals surface area contributed by atoms with Crippen LogP contribution in [0.3, 0.4) is 0 Å². The van der Waals surface area contributed by atoms with Crippen molar-refractivity contribution < 1.29 is 13.5 Å². The Morgan fingerprint density at radius 2 is 1.96 bits per heavy atom. The number of hydrogen-bond acceptors (Lipinski definition) is 5. The highest BCUT2D eigenvalue weighted by molar-refractivity contribution is 7.90. The van der Waals surface area contributed by atoms with E-state index in [1.165, 1.54) is 22.7 Å². The van der Waals surface area contributed by atoms with Gasteiger partial charge in [0.25, 0.3) is 10.0 Å². The van der Waals surface area contributed by atoms with Crippen molar-refractivity contribution >= 4 is 21.6 Å². The maximum atomic E-state index is 13.0. The first-order valence-electron chi connectivity index (χ1n) is 8.01. The number of hydrogen-bond donors (Lipinski definition) is 1. The molecule has 1 unspecified atom stereocenters. The van der Waals surface area contributed by atoms with E-state index in [1.54, 1.807) is 30.3 Å². The lowest BCUT2D eigenvalue weighted by Crippen LogP contribution is -2.14. The zero-order valence-electron chi connectivity index (χ0n) is 14.3. The van der Waals surface area contributed by atoms with Crippen molar-refractivity contribution in [3.05, 3.63) is 76.6 Å². The van der Waals surface area contributed by atoms with E-state index >= 15 is 0 Å². The van der Waals surface area contributed by atoms with Crippen LogP contribution in [0.2, 0.25) is 5.15 Å². The predicted octanol–water partition coefficient (Wildman–Crippen LogP) is 3.12. The maximum Gasteiger partial charge on any atom is 0.267 e. The lowest BCUT2D eigenvalue weighted by molar-refractivity contribution is 0.219. The summed E-state index contributed by atoms with van der Waals surface area (Å²) in [5, 5.41) is 10.7. The van der Waals surface area contributed by atoms with Gasteiger partial charge < -0.3 is 5.11 Å². The largest absolute Gasteiger partial charge is 0.383 e. The molecule has 0 bridgehead atoms. The minimum absolute atomic E-state index is 0.125. The van der Waals surface area contributed by atoms with E-state index in [2.05, 4.69) is 9.97 Å². The summed E-state index contributed by atoms with van der Waals surface area (Å²) in [5.74, 6) is 0. The van der Waals surface area contributed by atoms with Crippen LogP contribution in [-0.4, -0.2) is 27.5 Å². The van der Waals surface area contributed by atoms with Gasteiger partial charge in [-0.05, 0) is 31.5 Å². The molecular formula is C18H18ClN3O3S. The van der Waals surface area contributed by atoms with Gasteiger partial charge in [-0.15, -0.1) is 0 Å². The number of halogens is 1. The Morgan fingerprint density at radius 1 is 1.27 bits per heavy atom. The van der Waals surface area contributed by atoms with Crippen LogP contribution >= 0.6 is 11.6 Å². The second-order valence-electron chi connectivity index (χ2n) is 5.90. The standard InChI is InChI=1S/C18H18ClN3O3S/c1-3-14-8-13(17(23)16-9-20-11-21-18(16)19)10-22(14)26(24,25)15-6-4-12(2)5-7-15/h4-11,17,23H,3H2,1-2H3. The molecule has 0 spiro atoms. The molecule has 0 fully saturated rings. The molecule has 26 heavy (non-hydrogen) atoms. The van der Waals surface area contributed by atoms with Crippen molar-refractivity contribution in [1.82, 2.24) is 13.9 Å². The lowest BCUT2D eigenvalue weighted by Gasteiger charge is -2.10. The highest BCUT2D eigenvalue weighted by Gasteiger charge is 2.24. The molecule has 0 saturated carbocycles. The fraction of sp³-hybridized carbons (Fsp3) is 0.222. The fourth-order valence-electron chi connectivity index (χ4n) is 2.65. The summed E-state index contributed by atoms with van der Waals surface area (Å²) < 4.78 is 27.2. The third kappa shape index (κ3) is 3.38. The zero-order chi connectivity index (χ0) is 18.9. The van der Waals surface area contributed by atoms with Gasteiger partial charge in [0.2, 0.25) is 0 Å². The van der Waals surface area contributed by atoms with Gasteiger partial charge in [-0.1, -0.05) is 36.2 Å². The molecule has 6 nitrogen and oxygen atoms in total. The molecule has 0 aliphatic rings. The molecule has 0 aliphatic heterocycles. The van der Waals surface area contributed by atoms with E-state index in [4.69, 9.17) is 11.6 Å². The highest BCUT2D eigenvalue weighted by Crippen LogP contribution is 2.29.